The molecule has 4 aliphatic rings. The zero-order valence-electron chi connectivity index (χ0n) is 27.0. The molecular weight excluding hydrogens is 638 g/mol. The summed E-state index contributed by atoms with van der Waals surface area (Å²) in [5.41, 5.74) is 12.6. The number of hydrogen-bond acceptors (Lipinski definition) is 4. The van der Waals surface area contributed by atoms with E-state index in [-0.39, 0.29) is 13.4 Å². The summed E-state index contributed by atoms with van der Waals surface area (Å²) in [6.45, 7) is 15.3. The van der Waals surface area contributed by atoms with Crippen LogP contribution in [0.25, 0.3) is 64.3 Å². The van der Waals surface area contributed by atoms with E-state index >= 15 is 0 Å². The van der Waals surface area contributed by atoms with Crippen molar-refractivity contribution < 1.29 is 9.47 Å². The molecule has 0 aromatic heterocycles. The second kappa shape index (κ2) is 9.18. The maximum absolute atomic E-state index is 10.1. The minimum absolute atomic E-state index is 0.153. The number of ether oxygens (including phenoxy) is 2. The molecule has 0 bridgehead atoms. The molecule has 0 N–H and O–H groups in total. The lowest BCUT2D eigenvalue weighted by Crippen LogP contribution is -2.58. The predicted molar refractivity (Wildman–Crippen MR) is 205 cm³/mol. The van der Waals surface area contributed by atoms with Crippen molar-refractivity contribution in [2.45, 2.75) is 0 Å². The van der Waals surface area contributed by atoms with E-state index < -0.39 is 0 Å². The van der Waals surface area contributed by atoms with Crippen molar-refractivity contribution in [2.75, 3.05) is 0 Å². The Kier molecular flexibility index (Phi) is 4.82. The van der Waals surface area contributed by atoms with Crippen molar-refractivity contribution in [1.82, 2.24) is 0 Å². The van der Waals surface area contributed by atoms with Gasteiger partial charge in [-0.25, -0.2) is 9.69 Å². The Balaban J connectivity index is 1.24. The molecule has 0 fully saturated rings. The van der Waals surface area contributed by atoms with Crippen molar-refractivity contribution in [2.24, 2.45) is 0 Å². The predicted octanol–water partition coefficient (Wildman–Crippen LogP) is 6.63. The van der Waals surface area contributed by atoms with E-state index in [1.54, 1.807) is 12.1 Å². The van der Waals surface area contributed by atoms with E-state index in [0.29, 0.717) is 45.5 Å². The quantitative estimate of drug-likeness (QED) is 0.105. The molecule has 0 saturated carbocycles. The maximum Gasteiger partial charge on any atom is 0.252 e. The van der Waals surface area contributed by atoms with Crippen LogP contribution < -0.4 is 42.3 Å². The Morgan fingerprint density at radius 2 is 1.00 bits per heavy atom. The fraction of sp³-hybridized carbons (Fsp3) is 0. The van der Waals surface area contributed by atoms with Gasteiger partial charge >= 0.3 is 0 Å². The van der Waals surface area contributed by atoms with Gasteiger partial charge in [0.05, 0.1) is 36.4 Å². The molecule has 52 heavy (non-hydrogen) atoms. The first kappa shape index (κ1) is 27.3. The summed E-state index contributed by atoms with van der Waals surface area (Å²) < 4.78 is 13.0. The maximum atomic E-state index is 10.1. The first-order chi connectivity index (χ1) is 25.6. The molecule has 0 unspecified atom stereocenters. The molecule has 8 aromatic carbocycles. The summed E-state index contributed by atoms with van der Waals surface area (Å²) in [6, 6.07) is 37.0. The molecule has 4 heterocycles. The Morgan fingerprint density at radius 1 is 0.462 bits per heavy atom. The van der Waals surface area contributed by atoms with E-state index in [4.69, 9.17) is 22.6 Å². The highest BCUT2D eigenvalue weighted by Crippen LogP contribution is 2.47. The third-order valence-electron chi connectivity index (χ3n) is 11.6. The highest BCUT2D eigenvalue weighted by atomic mass is 16.5. The van der Waals surface area contributed by atoms with Crippen LogP contribution in [0, 0.1) is 35.8 Å². The van der Waals surface area contributed by atoms with Gasteiger partial charge in [-0.3, -0.25) is 0 Å². The molecule has 0 spiro atoms. The fourth-order valence-electron chi connectivity index (χ4n) is 9.62. The molecular formula is C44H16B2N4O2. The van der Waals surface area contributed by atoms with Gasteiger partial charge in [-0.05, 0) is 119 Å². The fourth-order valence-corrected chi connectivity index (χ4v) is 9.62. The normalized spacial score (nSPS) is 13.2. The lowest BCUT2D eigenvalue weighted by molar-refractivity contribution is 0.487. The summed E-state index contributed by atoms with van der Waals surface area (Å²) in [5, 5.41) is 26.7. The van der Waals surface area contributed by atoms with Gasteiger partial charge in [0, 0.05) is 0 Å². The first-order valence-corrected chi connectivity index (χ1v) is 16.9. The Labute approximate surface area is 297 Å². The standard InChI is InChI=1S/C44H16B2N4O2/c1-49-25-6-10-32-36(17-25)52-38-18-26(50-2)16-30-28-8-5-24-14-33-41-27(7-4-23-15-34(46(32)44(30)38)42(28)40(24)39(23)41)29-11-22(20-48)13-37-43(29)45(33)31-9-3-21(19-47)12-35(31)51-37/h3-18H. The smallest absolute Gasteiger partial charge is 0.252 e. The van der Waals surface area contributed by atoms with E-state index in [9.17, 15) is 10.5 Å². The van der Waals surface area contributed by atoms with E-state index in [1.165, 1.54) is 21.7 Å². The average Bonchev–Trinajstić information content (AvgIpc) is 3.19. The largest absolute Gasteiger partial charge is 0.461 e. The van der Waals surface area contributed by atoms with Crippen LogP contribution in [-0.2, 0) is 0 Å². The second-order valence-corrected chi connectivity index (χ2v) is 13.9. The van der Waals surface area contributed by atoms with Crippen molar-refractivity contribution in [3.8, 4) is 57.4 Å². The topological polar surface area (TPSA) is 74.8 Å². The molecule has 0 amide bonds. The summed E-state index contributed by atoms with van der Waals surface area (Å²) in [6.07, 6.45) is 0. The molecule has 6 nitrogen and oxygen atoms in total. The second-order valence-electron chi connectivity index (χ2n) is 13.9. The third-order valence-corrected chi connectivity index (χ3v) is 11.6. The lowest BCUT2D eigenvalue weighted by Gasteiger charge is -2.36. The Hall–Kier alpha value is -7.51. The van der Waals surface area contributed by atoms with Gasteiger partial charge in [0.2, 0.25) is 0 Å². The number of nitrogens with zero attached hydrogens (tertiary/aromatic N) is 4. The van der Waals surface area contributed by atoms with Gasteiger partial charge in [0.1, 0.15) is 23.0 Å². The van der Waals surface area contributed by atoms with Crippen LogP contribution in [-0.4, -0.2) is 13.4 Å². The number of rotatable bonds is 0. The van der Waals surface area contributed by atoms with E-state index in [2.05, 4.69) is 58.2 Å². The van der Waals surface area contributed by atoms with Gasteiger partial charge in [-0.2, -0.15) is 10.5 Å². The van der Waals surface area contributed by atoms with Gasteiger partial charge in [0.15, 0.2) is 11.4 Å². The third kappa shape index (κ3) is 3.15. The molecule has 0 aliphatic carbocycles. The summed E-state index contributed by atoms with van der Waals surface area (Å²) in [4.78, 5) is 7.51. The van der Waals surface area contributed by atoms with Crippen LogP contribution in [0.2, 0.25) is 0 Å². The van der Waals surface area contributed by atoms with Crippen LogP contribution in [0.1, 0.15) is 11.1 Å². The van der Waals surface area contributed by atoms with Crippen molar-refractivity contribution in [3.05, 3.63) is 131 Å². The highest BCUT2D eigenvalue weighted by Gasteiger charge is 2.43. The van der Waals surface area contributed by atoms with Crippen LogP contribution in [0.3, 0.4) is 0 Å². The van der Waals surface area contributed by atoms with Gasteiger partial charge < -0.3 is 9.47 Å². The summed E-state index contributed by atoms with van der Waals surface area (Å²) in [5.74, 6) is 2.58. The highest BCUT2D eigenvalue weighted by molar-refractivity contribution is 7.01. The zero-order chi connectivity index (χ0) is 34.6. The van der Waals surface area contributed by atoms with Crippen LogP contribution in [0.15, 0.2) is 97.1 Å². The minimum atomic E-state index is -0.161. The molecule has 0 atom stereocenters. The van der Waals surface area contributed by atoms with Crippen LogP contribution in [0.5, 0.6) is 23.0 Å². The van der Waals surface area contributed by atoms with Crippen molar-refractivity contribution in [3.63, 3.8) is 0 Å². The molecule has 0 saturated heterocycles. The zero-order valence-corrected chi connectivity index (χ0v) is 27.0. The number of hydrogen-bond donors (Lipinski definition) is 0. The average molecular weight is 654 g/mol. The number of benzene rings is 8. The summed E-state index contributed by atoms with van der Waals surface area (Å²) in [7, 11) is 0. The molecule has 8 aromatic rings. The van der Waals surface area contributed by atoms with Crippen LogP contribution >= 0.6 is 0 Å². The summed E-state index contributed by atoms with van der Waals surface area (Å²) >= 11 is 0. The minimum Gasteiger partial charge on any atom is -0.461 e. The van der Waals surface area contributed by atoms with E-state index in [1.807, 2.05) is 48.5 Å². The van der Waals surface area contributed by atoms with Crippen LogP contribution in [0.4, 0.5) is 11.4 Å². The SMILES string of the molecule is [C-]#[N+]c1ccc2c(c1)Oc1cc([N+]#[C-])cc3c1B2c1cc2ccc4c5c(cc6ccc-3c1c6c25)B1c2ccc(C#N)cc2Oc2cc(C#N)cc-4c21. The molecule has 12 rings (SSSR count). The first-order valence-electron chi connectivity index (χ1n) is 16.9. The number of fused-ring (bicyclic) bond motifs is 8. The molecule has 230 valence electrons. The van der Waals surface area contributed by atoms with Gasteiger partial charge in [0.25, 0.3) is 13.4 Å². The lowest BCUT2D eigenvalue weighted by atomic mass is 9.32. The van der Waals surface area contributed by atoms with E-state index in [0.717, 1.165) is 65.6 Å². The monoisotopic (exact) mass is 654 g/mol. The Morgan fingerprint density at radius 3 is 1.62 bits per heavy atom. The van der Waals surface area contributed by atoms with Crippen molar-refractivity contribution >= 4 is 89.9 Å². The Bertz CT molecular complexity index is 3050. The molecule has 0 radical (unpaired) electrons. The van der Waals surface area contributed by atoms with Crippen molar-refractivity contribution in [1.29, 1.82) is 10.5 Å². The van der Waals surface area contributed by atoms with Gasteiger partial charge in [-0.15, -0.1) is 0 Å². The van der Waals surface area contributed by atoms with Gasteiger partial charge in [-0.1, -0.05) is 65.5 Å². The molecule has 8 heteroatoms. The molecule has 4 aliphatic heterocycles. The number of nitriles is 2.